The van der Waals surface area contributed by atoms with Gasteiger partial charge in [0.05, 0.1) is 13.2 Å². The second kappa shape index (κ2) is 8.51. The number of methoxy groups -OCH3 is 1. The second-order valence-corrected chi connectivity index (χ2v) is 5.91. The number of amides is 1. The van der Waals surface area contributed by atoms with Gasteiger partial charge in [-0.2, -0.15) is 0 Å². The predicted molar refractivity (Wildman–Crippen MR) is 95.4 cm³/mol. The maximum atomic E-state index is 12.9. The Balaban J connectivity index is 2.03. The van der Waals surface area contributed by atoms with E-state index in [0.29, 0.717) is 5.75 Å². The molecule has 0 radical (unpaired) electrons. The zero-order valence-corrected chi connectivity index (χ0v) is 15.0. The highest BCUT2D eigenvalue weighted by Gasteiger charge is 2.20. The maximum Gasteiger partial charge on any atom is 0.261 e. The number of halogens is 1. The Hall–Kier alpha value is -2.56. The molecule has 0 heterocycles. The molecule has 1 amide bonds. The Morgan fingerprint density at radius 1 is 1.20 bits per heavy atom. The Morgan fingerprint density at radius 2 is 1.88 bits per heavy atom. The summed E-state index contributed by atoms with van der Waals surface area (Å²) in [4.78, 5) is 12.4. The summed E-state index contributed by atoms with van der Waals surface area (Å²) in [6, 6.07) is 11.4. The first-order chi connectivity index (χ1) is 11.9. The van der Waals surface area contributed by atoms with Crippen molar-refractivity contribution in [2.45, 2.75) is 39.3 Å². The van der Waals surface area contributed by atoms with E-state index < -0.39 is 6.10 Å². The lowest BCUT2D eigenvalue weighted by molar-refractivity contribution is -0.128. The molecule has 25 heavy (non-hydrogen) atoms. The van der Waals surface area contributed by atoms with E-state index in [-0.39, 0.29) is 17.8 Å². The molecule has 0 fully saturated rings. The van der Waals surface area contributed by atoms with Crippen molar-refractivity contribution in [2.75, 3.05) is 7.11 Å². The molecule has 134 valence electrons. The maximum absolute atomic E-state index is 12.9. The fourth-order valence-electron chi connectivity index (χ4n) is 2.60. The molecule has 0 saturated carbocycles. The Kier molecular flexibility index (Phi) is 6.39. The van der Waals surface area contributed by atoms with Gasteiger partial charge in [0, 0.05) is 0 Å². The lowest BCUT2D eigenvalue weighted by atomic mass is 10.0. The number of rotatable bonds is 7. The van der Waals surface area contributed by atoms with Crippen LogP contribution in [0.4, 0.5) is 4.39 Å². The van der Waals surface area contributed by atoms with E-state index in [2.05, 4.69) is 5.32 Å². The molecule has 2 aromatic rings. The van der Waals surface area contributed by atoms with Crippen LogP contribution in [0.25, 0.3) is 0 Å². The van der Waals surface area contributed by atoms with Gasteiger partial charge in [-0.05, 0) is 61.7 Å². The fraction of sp³-hybridized carbons (Fsp3) is 0.350. The Morgan fingerprint density at radius 3 is 2.44 bits per heavy atom. The Labute approximate surface area is 148 Å². The zero-order chi connectivity index (χ0) is 18.4. The minimum atomic E-state index is -0.682. The standard InChI is InChI=1S/C20H24FNO3/c1-5-18(15-6-11-19(24-4)13(2)12-15)22-20(23)14(3)25-17-9-7-16(21)8-10-17/h6-12,14,18H,5H2,1-4H3,(H,22,23)/t14-,18-/m1/s1. The van der Waals surface area contributed by atoms with Crippen molar-refractivity contribution in [3.05, 3.63) is 59.4 Å². The highest BCUT2D eigenvalue weighted by atomic mass is 19.1. The highest BCUT2D eigenvalue weighted by molar-refractivity contribution is 5.81. The van der Waals surface area contributed by atoms with Crippen LogP contribution in [0.5, 0.6) is 11.5 Å². The first-order valence-electron chi connectivity index (χ1n) is 8.31. The van der Waals surface area contributed by atoms with E-state index >= 15 is 0 Å². The van der Waals surface area contributed by atoms with Crippen LogP contribution >= 0.6 is 0 Å². The molecule has 0 unspecified atom stereocenters. The van der Waals surface area contributed by atoms with Crippen LogP contribution in [0.15, 0.2) is 42.5 Å². The number of carbonyl (C=O) groups is 1. The van der Waals surface area contributed by atoms with Gasteiger partial charge in [0.25, 0.3) is 5.91 Å². The normalized spacial score (nSPS) is 13.0. The molecule has 0 aromatic heterocycles. The number of carbonyl (C=O) groups excluding carboxylic acids is 1. The fourth-order valence-corrected chi connectivity index (χ4v) is 2.60. The molecule has 2 rings (SSSR count). The van der Waals surface area contributed by atoms with Gasteiger partial charge in [-0.25, -0.2) is 4.39 Å². The number of hydrogen-bond acceptors (Lipinski definition) is 3. The average Bonchev–Trinajstić information content (AvgIpc) is 2.61. The van der Waals surface area contributed by atoms with E-state index in [1.165, 1.54) is 24.3 Å². The minimum absolute atomic E-state index is 0.114. The van der Waals surface area contributed by atoms with E-state index in [4.69, 9.17) is 9.47 Å². The Bertz CT molecular complexity index is 715. The summed E-state index contributed by atoms with van der Waals surface area (Å²) in [6.45, 7) is 5.65. The van der Waals surface area contributed by atoms with Gasteiger partial charge in [-0.15, -0.1) is 0 Å². The van der Waals surface area contributed by atoms with Crippen LogP contribution in [0.1, 0.15) is 37.4 Å². The zero-order valence-electron chi connectivity index (χ0n) is 15.0. The van der Waals surface area contributed by atoms with Gasteiger partial charge >= 0.3 is 0 Å². The van der Waals surface area contributed by atoms with Crippen LogP contribution in [-0.4, -0.2) is 19.1 Å². The third-order valence-electron chi connectivity index (χ3n) is 4.04. The topological polar surface area (TPSA) is 47.6 Å². The van der Waals surface area contributed by atoms with Crippen molar-refractivity contribution in [1.82, 2.24) is 5.32 Å². The van der Waals surface area contributed by atoms with Gasteiger partial charge in [0.15, 0.2) is 6.10 Å². The summed E-state index contributed by atoms with van der Waals surface area (Å²) in [7, 11) is 1.63. The van der Waals surface area contributed by atoms with Crippen molar-refractivity contribution in [1.29, 1.82) is 0 Å². The number of hydrogen-bond donors (Lipinski definition) is 1. The van der Waals surface area contributed by atoms with Gasteiger partial charge < -0.3 is 14.8 Å². The number of nitrogens with one attached hydrogen (secondary N) is 1. The molecular formula is C20H24FNO3. The van der Waals surface area contributed by atoms with Gasteiger partial charge in [-0.3, -0.25) is 4.79 Å². The molecule has 0 saturated heterocycles. The smallest absolute Gasteiger partial charge is 0.261 e. The first-order valence-corrected chi connectivity index (χ1v) is 8.31. The van der Waals surface area contributed by atoms with Crippen LogP contribution in [0, 0.1) is 12.7 Å². The summed E-state index contributed by atoms with van der Waals surface area (Å²) in [5.41, 5.74) is 2.03. The molecule has 0 aliphatic rings. The summed E-state index contributed by atoms with van der Waals surface area (Å²) in [5.74, 6) is 0.713. The number of ether oxygens (including phenoxy) is 2. The molecule has 2 atom stereocenters. The number of aryl methyl sites for hydroxylation is 1. The van der Waals surface area contributed by atoms with Crippen molar-refractivity contribution < 1.29 is 18.7 Å². The molecule has 0 bridgehead atoms. The minimum Gasteiger partial charge on any atom is -0.496 e. The summed E-state index contributed by atoms with van der Waals surface area (Å²) in [6.07, 6.45) is 0.0692. The molecule has 0 spiro atoms. The van der Waals surface area contributed by atoms with Crippen LogP contribution in [-0.2, 0) is 4.79 Å². The predicted octanol–water partition coefficient (Wildman–Crippen LogP) is 4.18. The lowest BCUT2D eigenvalue weighted by Crippen LogP contribution is -2.38. The monoisotopic (exact) mass is 345 g/mol. The van der Waals surface area contributed by atoms with E-state index in [0.717, 1.165) is 23.3 Å². The molecule has 0 aliphatic carbocycles. The van der Waals surface area contributed by atoms with E-state index in [9.17, 15) is 9.18 Å². The second-order valence-electron chi connectivity index (χ2n) is 5.91. The summed E-state index contributed by atoms with van der Waals surface area (Å²) < 4.78 is 23.8. The van der Waals surface area contributed by atoms with Crippen molar-refractivity contribution >= 4 is 5.91 Å². The van der Waals surface area contributed by atoms with Crippen LogP contribution < -0.4 is 14.8 Å². The van der Waals surface area contributed by atoms with E-state index in [1.807, 2.05) is 32.0 Å². The highest BCUT2D eigenvalue weighted by Crippen LogP contribution is 2.24. The molecule has 5 heteroatoms. The SMILES string of the molecule is CC[C@@H](NC(=O)[C@@H](C)Oc1ccc(F)cc1)c1ccc(OC)c(C)c1. The summed E-state index contributed by atoms with van der Waals surface area (Å²) >= 11 is 0. The van der Waals surface area contributed by atoms with Crippen molar-refractivity contribution in [2.24, 2.45) is 0 Å². The average molecular weight is 345 g/mol. The number of benzene rings is 2. The molecular weight excluding hydrogens is 321 g/mol. The third-order valence-corrected chi connectivity index (χ3v) is 4.04. The molecule has 0 aliphatic heterocycles. The first kappa shape index (κ1) is 18.8. The molecule has 2 aromatic carbocycles. The third kappa shape index (κ3) is 4.95. The quantitative estimate of drug-likeness (QED) is 0.819. The summed E-state index contributed by atoms with van der Waals surface area (Å²) in [5, 5.41) is 3.00. The molecule has 1 N–H and O–H groups in total. The lowest BCUT2D eigenvalue weighted by Gasteiger charge is -2.21. The van der Waals surface area contributed by atoms with Crippen molar-refractivity contribution in [3.63, 3.8) is 0 Å². The molecule has 4 nitrogen and oxygen atoms in total. The van der Waals surface area contributed by atoms with Gasteiger partial charge in [0.1, 0.15) is 17.3 Å². The van der Waals surface area contributed by atoms with Crippen LogP contribution in [0.2, 0.25) is 0 Å². The van der Waals surface area contributed by atoms with Gasteiger partial charge in [-0.1, -0.05) is 19.1 Å². The largest absolute Gasteiger partial charge is 0.496 e. The van der Waals surface area contributed by atoms with Gasteiger partial charge in [0.2, 0.25) is 0 Å². The van der Waals surface area contributed by atoms with Crippen LogP contribution in [0.3, 0.4) is 0 Å². The van der Waals surface area contributed by atoms with Crippen molar-refractivity contribution in [3.8, 4) is 11.5 Å². The van der Waals surface area contributed by atoms with E-state index in [1.54, 1.807) is 14.0 Å².